The van der Waals surface area contributed by atoms with Gasteiger partial charge in [0.15, 0.2) is 0 Å². The average Bonchev–Trinajstić information content (AvgIpc) is 1.98. The van der Waals surface area contributed by atoms with Crippen LogP contribution in [0.3, 0.4) is 0 Å². The van der Waals surface area contributed by atoms with E-state index in [9.17, 15) is 5.11 Å². The molecule has 0 heterocycles. The molecule has 1 unspecified atom stereocenters. The van der Waals surface area contributed by atoms with E-state index < -0.39 is 5.60 Å². The van der Waals surface area contributed by atoms with E-state index in [1.165, 1.54) is 0 Å². The van der Waals surface area contributed by atoms with Crippen molar-refractivity contribution in [1.29, 1.82) is 0 Å². The van der Waals surface area contributed by atoms with Crippen molar-refractivity contribution in [2.45, 2.75) is 12.5 Å². The van der Waals surface area contributed by atoms with Crippen molar-refractivity contribution in [2.24, 2.45) is 0 Å². The molecule has 80 valence electrons. The molecule has 0 saturated heterocycles. The molecule has 13 heavy (non-hydrogen) atoms. The van der Waals surface area contributed by atoms with Gasteiger partial charge >= 0.3 is 0 Å². The van der Waals surface area contributed by atoms with Crippen LogP contribution in [0.4, 0.5) is 0 Å². The quantitative estimate of drug-likeness (QED) is 0.586. The zero-order valence-corrected chi connectivity index (χ0v) is 9.95. The molecule has 2 N–H and O–H groups in total. The van der Waals surface area contributed by atoms with Crippen LogP contribution in [-0.2, 0) is 0 Å². The van der Waals surface area contributed by atoms with Crippen LogP contribution in [0.15, 0.2) is 0 Å². The third-order valence-electron chi connectivity index (χ3n) is 1.70. The van der Waals surface area contributed by atoms with Gasteiger partial charge in [0.1, 0.15) is 0 Å². The minimum absolute atomic E-state index is 0.578. The number of nitrogens with one attached hydrogen (secondary N) is 1. The molecule has 0 spiro atoms. The van der Waals surface area contributed by atoms with E-state index in [1.807, 2.05) is 27.3 Å². The lowest BCUT2D eigenvalue weighted by Gasteiger charge is -2.23. The van der Waals surface area contributed by atoms with Crippen molar-refractivity contribution in [3.63, 3.8) is 0 Å². The molecular weight excluding hydrogens is 184 g/mol. The fraction of sp³-hybridized carbons (Fsp3) is 1.00. The van der Waals surface area contributed by atoms with Crippen LogP contribution in [0.1, 0.15) is 6.92 Å². The van der Waals surface area contributed by atoms with Gasteiger partial charge in [0.05, 0.1) is 5.60 Å². The number of nitrogens with zero attached hydrogens (tertiary/aromatic N) is 1. The predicted octanol–water partition coefficient (Wildman–Crippen LogP) is 0.252. The van der Waals surface area contributed by atoms with Crippen LogP contribution in [-0.4, -0.2) is 61.3 Å². The number of likely N-dealkylation sites (N-methyl/N-ethyl adjacent to an activating group) is 1. The molecule has 0 rings (SSSR count). The molecule has 0 bridgehead atoms. The van der Waals surface area contributed by atoms with Crippen LogP contribution in [0.5, 0.6) is 0 Å². The Labute approximate surface area is 85.9 Å². The molecule has 3 nitrogen and oxygen atoms in total. The molecule has 0 fully saturated rings. The van der Waals surface area contributed by atoms with Gasteiger partial charge in [-0.1, -0.05) is 0 Å². The summed E-state index contributed by atoms with van der Waals surface area (Å²) < 4.78 is 0. The normalized spacial score (nSPS) is 16.2. The molecule has 0 aromatic carbocycles. The third kappa shape index (κ3) is 8.56. The predicted molar refractivity (Wildman–Crippen MR) is 60.4 cm³/mol. The number of hydrogen-bond donors (Lipinski definition) is 2. The summed E-state index contributed by atoms with van der Waals surface area (Å²) in [6.45, 7) is 4.47. The molecule has 0 radical (unpaired) electrons. The number of hydrogen-bond acceptors (Lipinski definition) is 4. The Kier molecular flexibility index (Phi) is 6.77. The van der Waals surface area contributed by atoms with Gasteiger partial charge in [-0.3, -0.25) is 0 Å². The molecule has 0 aromatic heterocycles. The summed E-state index contributed by atoms with van der Waals surface area (Å²) in [5.41, 5.74) is -0.578. The molecule has 1 atom stereocenters. The fourth-order valence-corrected chi connectivity index (χ4v) is 1.75. The first kappa shape index (κ1) is 13.2. The third-order valence-corrected chi connectivity index (χ3v) is 2.61. The lowest BCUT2D eigenvalue weighted by atomic mass is 10.1. The summed E-state index contributed by atoms with van der Waals surface area (Å²) >= 11 is 1.67. The summed E-state index contributed by atoms with van der Waals surface area (Å²) in [5, 5.41) is 13.0. The van der Waals surface area contributed by atoms with Crippen molar-refractivity contribution in [3.8, 4) is 0 Å². The zero-order chi connectivity index (χ0) is 10.3. The second-order valence-corrected chi connectivity index (χ2v) is 4.78. The maximum absolute atomic E-state index is 9.78. The molecule has 0 aliphatic carbocycles. The topological polar surface area (TPSA) is 35.5 Å². The van der Waals surface area contributed by atoms with Crippen molar-refractivity contribution >= 4 is 11.8 Å². The number of thioether (sulfide) groups is 1. The Morgan fingerprint density at radius 2 is 2.08 bits per heavy atom. The highest BCUT2D eigenvalue weighted by Crippen LogP contribution is 2.08. The summed E-state index contributed by atoms with van der Waals surface area (Å²) in [4.78, 5) is 2.12. The lowest BCUT2D eigenvalue weighted by molar-refractivity contribution is 0.0846. The molecule has 0 aliphatic heterocycles. The van der Waals surface area contributed by atoms with Gasteiger partial charge in [-0.2, -0.15) is 11.8 Å². The van der Waals surface area contributed by atoms with Crippen molar-refractivity contribution in [1.82, 2.24) is 10.2 Å². The van der Waals surface area contributed by atoms with E-state index in [0.717, 1.165) is 18.8 Å². The van der Waals surface area contributed by atoms with Crippen LogP contribution in [0.25, 0.3) is 0 Å². The Bertz CT molecular complexity index is 129. The monoisotopic (exact) mass is 206 g/mol. The lowest BCUT2D eigenvalue weighted by Crippen LogP contribution is -2.41. The Hall–Kier alpha value is 0.230. The highest BCUT2D eigenvalue weighted by molar-refractivity contribution is 7.98. The second kappa shape index (κ2) is 6.65. The van der Waals surface area contributed by atoms with Crippen LogP contribution >= 0.6 is 11.8 Å². The largest absolute Gasteiger partial charge is 0.388 e. The number of aliphatic hydroxyl groups is 1. The first-order valence-electron chi connectivity index (χ1n) is 4.55. The van der Waals surface area contributed by atoms with E-state index >= 15 is 0 Å². The van der Waals surface area contributed by atoms with Crippen LogP contribution in [0.2, 0.25) is 0 Å². The molecular formula is C9H22N2OS. The summed E-state index contributed by atoms with van der Waals surface area (Å²) in [7, 11) is 4.09. The van der Waals surface area contributed by atoms with Crippen molar-refractivity contribution in [3.05, 3.63) is 0 Å². The number of rotatable bonds is 7. The van der Waals surface area contributed by atoms with Crippen LogP contribution < -0.4 is 5.32 Å². The average molecular weight is 206 g/mol. The maximum atomic E-state index is 9.78. The molecule has 0 aliphatic rings. The van der Waals surface area contributed by atoms with Gasteiger partial charge in [-0.25, -0.2) is 0 Å². The van der Waals surface area contributed by atoms with Gasteiger partial charge in [0.25, 0.3) is 0 Å². The minimum atomic E-state index is -0.578. The van der Waals surface area contributed by atoms with E-state index in [-0.39, 0.29) is 0 Å². The Morgan fingerprint density at radius 1 is 1.46 bits per heavy atom. The zero-order valence-electron chi connectivity index (χ0n) is 9.13. The molecule has 0 saturated carbocycles. The molecule has 4 heteroatoms. The fourth-order valence-electron chi connectivity index (χ4n) is 1.02. The molecule has 0 aromatic rings. The van der Waals surface area contributed by atoms with Gasteiger partial charge in [-0.05, 0) is 27.3 Å². The Morgan fingerprint density at radius 3 is 2.54 bits per heavy atom. The van der Waals surface area contributed by atoms with Crippen molar-refractivity contribution in [2.75, 3.05) is 45.7 Å². The van der Waals surface area contributed by atoms with Crippen molar-refractivity contribution < 1.29 is 5.11 Å². The summed E-state index contributed by atoms with van der Waals surface area (Å²) in [6, 6.07) is 0. The highest BCUT2D eigenvalue weighted by atomic mass is 32.2. The van der Waals surface area contributed by atoms with E-state index in [1.54, 1.807) is 11.8 Å². The minimum Gasteiger partial charge on any atom is -0.388 e. The molecule has 0 amide bonds. The standard InChI is InChI=1S/C9H22N2OS/c1-9(12,8-13-4)7-10-5-6-11(2)3/h10,12H,5-8H2,1-4H3. The Balaban J connectivity index is 3.40. The SMILES string of the molecule is CSCC(C)(O)CNCCN(C)C. The first-order chi connectivity index (χ1) is 5.98. The van der Waals surface area contributed by atoms with E-state index in [0.29, 0.717) is 6.54 Å². The summed E-state index contributed by atoms with van der Waals surface area (Å²) in [5.74, 6) is 0.780. The highest BCUT2D eigenvalue weighted by Gasteiger charge is 2.18. The van der Waals surface area contributed by atoms with Gasteiger partial charge in [0, 0.05) is 25.4 Å². The van der Waals surface area contributed by atoms with Gasteiger partial charge in [-0.15, -0.1) is 0 Å². The first-order valence-corrected chi connectivity index (χ1v) is 5.94. The maximum Gasteiger partial charge on any atom is 0.0833 e. The van der Waals surface area contributed by atoms with E-state index in [4.69, 9.17) is 0 Å². The summed E-state index contributed by atoms with van der Waals surface area (Å²) in [6.07, 6.45) is 2.01. The van der Waals surface area contributed by atoms with Gasteiger partial charge in [0.2, 0.25) is 0 Å². The smallest absolute Gasteiger partial charge is 0.0833 e. The second-order valence-electron chi connectivity index (χ2n) is 3.91. The van der Waals surface area contributed by atoms with Crippen LogP contribution in [0, 0.1) is 0 Å². The van der Waals surface area contributed by atoms with E-state index in [2.05, 4.69) is 10.2 Å². The van der Waals surface area contributed by atoms with Gasteiger partial charge < -0.3 is 15.3 Å².